The Morgan fingerprint density at radius 1 is 1.40 bits per heavy atom. The van der Waals surface area contributed by atoms with Crippen LogP contribution in [0.2, 0.25) is 0 Å². The van der Waals surface area contributed by atoms with Gasteiger partial charge in [0.05, 0.1) is 12.0 Å². The zero-order valence-corrected chi connectivity index (χ0v) is 12.2. The van der Waals surface area contributed by atoms with E-state index >= 15 is 0 Å². The number of rotatable bonds is 4. The Balaban J connectivity index is 2.14. The molecule has 0 spiro atoms. The van der Waals surface area contributed by atoms with Crippen molar-refractivity contribution < 1.29 is 9.18 Å². The number of nitrogens with two attached hydrogens (primary N) is 1. The zero-order valence-electron chi connectivity index (χ0n) is 12.2. The molecule has 1 aromatic carbocycles. The number of nitrogens with zero attached hydrogens (tertiary/aromatic N) is 1. The quantitative estimate of drug-likeness (QED) is 0.920. The molecule has 1 saturated carbocycles. The van der Waals surface area contributed by atoms with E-state index in [-0.39, 0.29) is 29.7 Å². The lowest BCUT2D eigenvalue weighted by molar-refractivity contribution is -0.137. The molecule has 0 aliphatic heterocycles. The van der Waals surface area contributed by atoms with E-state index in [0.29, 0.717) is 6.54 Å². The van der Waals surface area contributed by atoms with Crippen LogP contribution >= 0.6 is 0 Å². The third-order valence-electron chi connectivity index (χ3n) is 4.33. The third kappa shape index (κ3) is 3.01. The van der Waals surface area contributed by atoms with Gasteiger partial charge in [0, 0.05) is 12.6 Å². The molecule has 1 aliphatic carbocycles. The van der Waals surface area contributed by atoms with Gasteiger partial charge in [-0.25, -0.2) is 4.39 Å². The highest BCUT2D eigenvalue weighted by Crippen LogP contribution is 2.29. The van der Waals surface area contributed by atoms with Crippen LogP contribution < -0.4 is 5.73 Å². The van der Waals surface area contributed by atoms with Crippen LogP contribution in [-0.2, 0) is 4.79 Å². The van der Waals surface area contributed by atoms with Gasteiger partial charge in [0.1, 0.15) is 5.82 Å². The average molecular weight is 278 g/mol. The Hall–Kier alpha value is -1.42. The van der Waals surface area contributed by atoms with Gasteiger partial charge in [-0.05, 0) is 44.4 Å². The first-order valence-corrected chi connectivity index (χ1v) is 7.36. The normalized spacial score (nSPS) is 23.6. The molecular weight excluding hydrogens is 255 g/mol. The van der Waals surface area contributed by atoms with E-state index in [1.165, 1.54) is 12.1 Å². The second kappa shape index (κ2) is 6.35. The summed E-state index contributed by atoms with van der Waals surface area (Å²) in [5.41, 5.74) is 6.99. The molecule has 2 rings (SSSR count). The van der Waals surface area contributed by atoms with Crippen molar-refractivity contribution in [3.8, 4) is 0 Å². The molecule has 4 heteroatoms. The van der Waals surface area contributed by atoms with Gasteiger partial charge in [-0.2, -0.15) is 0 Å². The molecule has 1 amide bonds. The molecule has 0 bridgehead atoms. The van der Waals surface area contributed by atoms with Crippen LogP contribution in [0.3, 0.4) is 0 Å². The fraction of sp³-hybridized carbons (Fsp3) is 0.562. The van der Waals surface area contributed by atoms with Crippen molar-refractivity contribution in [2.45, 2.75) is 45.2 Å². The Kier molecular flexibility index (Phi) is 4.76. The average Bonchev–Trinajstić information content (AvgIpc) is 2.86. The first kappa shape index (κ1) is 15.0. The van der Waals surface area contributed by atoms with E-state index < -0.39 is 0 Å². The van der Waals surface area contributed by atoms with Crippen LogP contribution in [0.15, 0.2) is 24.3 Å². The van der Waals surface area contributed by atoms with Crippen molar-refractivity contribution in [3.05, 3.63) is 35.6 Å². The second-order valence-corrected chi connectivity index (χ2v) is 5.55. The number of carbonyl (C=O) groups is 1. The summed E-state index contributed by atoms with van der Waals surface area (Å²) in [5, 5.41) is 0. The highest BCUT2D eigenvalue weighted by Gasteiger charge is 2.34. The van der Waals surface area contributed by atoms with Crippen LogP contribution in [0.1, 0.15) is 44.7 Å². The Morgan fingerprint density at radius 2 is 2.05 bits per heavy atom. The molecule has 3 atom stereocenters. The number of halogens is 1. The van der Waals surface area contributed by atoms with Crippen LogP contribution in [0.4, 0.5) is 4.39 Å². The van der Waals surface area contributed by atoms with Gasteiger partial charge in [0.2, 0.25) is 5.91 Å². The maximum absolute atomic E-state index is 13.0. The first-order chi connectivity index (χ1) is 9.54. The van der Waals surface area contributed by atoms with Crippen molar-refractivity contribution >= 4 is 5.91 Å². The molecule has 0 radical (unpaired) electrons. The number of amides is 1. The Morgan fingerprint density at radius 3 is 2.55 bits per heavy atom. The topological polar surface area (TPSA) is 46.3 Å². The number of benzene rings is 1. The van der Waals surface area contributed by atoms with E-state index in [2.05, 4.69) is 0 Å². The summed E-state index contributed by atoms with van der Waals surface area (Å²) in [7, 11) is 0. The maximum Gasteiger partial charge on any atom is 0.227 e. The fourth-order valence-corrected chi connectivity index (χ4v) is 3.05. The monoisotopic (exact) mass is 278 g/mol. The summed E-state index contributed by atoms with van der Waals surface area (Å²) in [6.45, 7) is 4.59. The van der Waals surface area contributed by atoms with Gasteiger partial charge in [-0.15, -0.1) is 0 Å². The molecule has 1 aliphatic rings. The fourth-order valence-electron chi connectivity index (χ4n) is 3.05. The van der Waals surface area contributed by atoms with Crippen LogP contribution in [0.25, 0.3) is 0 Å². The van der Waals surface area contributed by atoms with E-state index in [4.69, 9.17) is 5.73 Å². The first-order valence-electron chi connectivity index (χ1n) is 7.36. The molecular formula is C16H23FN2O. The minimum atomic E-state index is -0.256. The minimum absolute atomic E-state index is 0.0167. The van der Waals surface area contributed by atoms with E-state index in [9.17, 15) is 9.18 Å². The predicted molar refractivity (Wildman–Crippen MR) is 77.5 cm³/mol. The molecule has 1 fully saturated rings. The van der Waals surface area contributed by atoms with E-state index in [1.807, 2.05) is 18.7 Å². The van der Waals surface area contributed by atoms with Crippen molar-refractivity contribution in [2.75, 3.05) is 6.54 Å². The summed E-state index contributed by atoms with van der Waals surface area (Å²) in [4.78, 5) is 14.5. The van der Waals surface area contributed by atoms with Gasteiger partial charge < -0.3 is 10.6 Å². The number of hydrogen-bond donors (Lipinski definition) is 1. The van der Waals surface area contributed by atoms with Gasteiger partial charge in [0.15, 0.2) is 0 Å². The lowest BCUT2D eigenvalue weighted by Gasteiger charge is -2.32. The molecule has 0 heterocycles. The zero-order chi connectivity index (χ0) is 14.7. The van der Waals surface area contributed by atoms with Crippen LogP contribution in [0.5, 0.6) is 0 Å². The Labute approximate surface area is 120 Å². The smallest absolute Gasteiger partial charge is 0.227 e. The van der Waals surface area contributed by atoms with Gasteiger partial charge in [-0.3, -0.25) is 4.79 Å². The van der Waals surface area contributed by atoms with E-state index in [1.54, 1.807) is 12.1 Å². The molecule has 2 N–H and O–H groups in total. The molecule has 110 valence electrons. The summed E-state index contributed by atoms with van der Waals surface area (Å²) in [6.07, 6.45) is 2.84. The van der Waals surface area contributed by atoms with Crippen LogP contribution in [0, 0.1) is 11.7 Å². The predicted octanol–water partition coefficient (Wildman–Crippen LogP) is 2.86. The van der Waals surface area contributed by atoms with Crippen LogP contribution in [-0.4, -0.2) is 23.4 Å². The van der Waals surface area contributed by atoms with Gasteiger partial charge in [0.25, 0.3) is 0 Å². The summed E-state index contributed by atoms with van der Waals surface area (Å²) >= 11 is 0. The lowest BCUT2D eigenvalue weighted by atomic mass is 9.99. The lowest BCUT2D eigenvalue weighted by Crippen LogP contribution is -2.42. The molecule has 3 nitrogen and oxygen atoms in total. The molecule has 0 saturated heterocycles. The maximum atomic E-state index is 13.0. The largest absolute Gasteiger partial charge is 0.336 e. The highest BCUT2D eigenvalue weighted by molar-refractivity contribution is 5.80. The van der Waals surface area contributed by atoms with Gasteiger partial charge >= 0.3 is 0 Å². The number of carbonyl (C=O) groups excluding carboxylic acids is 1. The SMILES string of the molecule is CCN(C(=O)C1CCCC1N)C(C)c1ccc(F)cc1. The summed E-state index contributed by atoms with van der Waals surface area (Å²) in [5.74, 6) is -0.180. The summed E-state index contributed by atoms with van der Waals surface area (Å²) < 4.78 is 13.0. The highest BCUT2D eigenvalue weighted by atomic mass is 19.1. The third-order valence-corrected chi connectivity index (χ3v) is 4.33. The Bertz CT molecular complexity index is 460. The molecule has 0 aromatic heterocycles. The van der Waals surface area contributed by atoms with Crippen molar-refractivity contribution in [1.82, 2.24) is 4.90 Å². The standard InChI is InChI=1S/C16H23FN2O/c1-3-19(16(20)14-5-4-6-15(14)18)11(2)12-7-9-13(17)10-8-12/h7-11,14-15H,3-6,18H2,1-2H3. The van der Waals surface area contributed by atoms with Gasteiger partial charge in [-0.1, -0.05) is 18.6 Å². The molecule has 1 aromatic rings. The molecule has 20 heavy (non-hydrogen) atoms. The minimum Gasteiger partial charge on any atom is -0.336 e. The van der Waals surface area contributed by atoms with E-state index in [0.717, 1.165) is 24.8 Å². The summed E-state index contributed by atoms with van der Waals surface area (Å²) in [6, 6.07) is 6.28. The molecule has 3 unspecified atom stereocenters. The second-order valence-electron chi connectivity index (χ2n) is 5.55. The number of hydrogen-bond acceptors (Lipinski definition) is 2. The van der Waals surface area contributed by atoms with Crippen molar-refractivity contribution in [2.24, 2.45) is 11.7 Å². The van der Waals surface area contributed by atoms with Crippen molar-refractivity contribution in [3.63, 3.8) is 0 Å². The van der Waals surface area contributed by atoms with Crippen molar-refractivity contribution in [1.29, 1.82) is 0 Å².